The largest absolute Gasteiger partial charge is 0.489 e. The van der Waals surface area contributed by atoms with Gasteiger partial charge in [0, 0.05) is 5.02 Å². The van der Waals surface area contributed by atoms with Gasteiger partial charge in [-0.05, 0) is 54.4 Å². The number of rotatable bonds is 8. The fourth-order valence-corrected chi connectivity index (χ4v) is 2.58. The van der Waals surface area contributed by atoms with Crippen molar-refractivity contribution in [2.45, 2.75) is 19.6 Å². The van der Waals surface area contributed by atoms with Crippen molar-refractivity contribution in [3.63, 3.8) is 0 Å². The molecule has 0 aromatic heterocycles. The topological polar surface area (TPSA) is 59.9 Å². The Hall–Kier alpha value is -3.31. The van der Waals surface area contributed by atoms with Gasteiger partial charge in [-0.1, -0.05) is 54.1 Å². The lowest BCUT2D eigenvalue weighted by Gasteiger charge is -2.12. The third-order valence-electron chi connectivity index (χ3n) is 3.99. The molecule has 0 aliphatic carbocycles. The number of hydrogen-bond acceptors (Lipinski definition) is 4. The molecule has 3 rings (SSSR count). The van der Waals surface area contributed by atoms with E-state index in [4.69, 9.17) is 21.1 Å². The van der Waals surface area contributed by atoms with E-state index in [1.807, 2.05) is 54.6 Å². The van der Waals surface area contributed by atoms with E-state index >= 15 is 0 Å². The molecule has 0 saturated carbocycles. The molecule has 0 heterocycles. The number of nitrogens with one attached hydrogen (secondary N) is 1. The summed E-state index contributed by atoms with van der Waals surface area (Å²) in [5.74, 6) is 0.931. The van der Waals surface area contributed by atoms with E-state index in [0.29, 0.717) is 17.4 Å². The molecular weight excluding hydrogens is 388 g/mol. The Morgan fingerprint density at radius 2 is 1.79 bits per heavy atom. The Labute approximate surface area is 174 Å². The number of benzene rings is 3. The molecule has 0 aliphatic heterocycles. The first-order valence-corrected chi connectivity index (χ1v) is 9.50. The van der Waals surface area contributed by atoms with Crippen molar-refractivity contribution >= 4 is 23.7 Å². The lowest BCUT2D eigenvalue weighted by atomic mass is 10.2. The molecule has 6 heteroatoms. The standard InChI is InChI=1S/C23H21ClN2O3/c1-17(29-21-12-10-20(24)11-13-21)23(27)26-25-15-19-8-5-9-22(14-19)28-16-18-6-3-2-4-7-18/h2-15,17H,16H2,1H3,(H,26,27)/b25-15-/t17-/m1/s1. The van der Waals surface area contributed by atoms with Gasteiger partial charge in [0.15, 0.2) is 6.10 Å². The molecule has 0 aliphatic rings. The second-order valence-corrected chi connectivity index (χ2v) is 6.73. The highest BCUT2D eigenvalue weighted by Crippen LogP contribution is 2.17. The van der Waals surface area contributed by atoms with Gasteiger partial charge in [-0.15, -0.1) is 0 Å². The van der Waals surface area contributed by atoms with Gasteiger partial charge >= 0.3 is 0 Å². The van der Waals surface area contributed by atoms with Gasteiger partial charge in [-0.2, -0.15) is 5.10 Å². The maximum absolute atomic E-state index is 12.1. The summed E-state index contributed by atoms with van der Waals surface area (Å²) in [5.41, 5.74) is 4.38. The third kappa shape index (κ3) is 6.66. The first-order chi connectivity index (χ1) is 14.1. The molecule has 29 heavy (non-hydrogen) atoms. The van der Waals surface area contributed by atoms with Crippen molar-refractivity contribution in [1.29, 1.82) is 0 Å². The number of hydrogen-bond donors (Lipinski definition) is 1. The van der Waals surface area contributed by atoms with Crippen LogP contribution in [0.15, 0.2) is 84.0 Å². The lowest BCUT2D eigenvalue weighted by Crippen LogP contribution is -2.33. The molecule has 3 aromatic rings. The SMILES string of the molecule is C[C@@H](Oc1ccc(Cl)cc1)C(=O)N/N=C\c1cccc(OCc2ccccc2)c1. The highest BCUT2D eigenvalue weighted by atomic mass is 35.5. The predicted octanol–water partition coefficient (Wildman–Crippen LogP) is 4.84. The number of carbonyl (C=O) groups excluding carboxylic acids is 1. The summed E-state index contributed by atoms with van der Waals surface area (Å²) < 4.78 is 11.4. The maximum Gasteiger partial charge on any atom is 0.280 e. The summed E-state index contributed by atoms with van der Waals surface area (Å²) in [7, 11) is 0. The molecule has 148 valence electrons. The van der Waals surface area contributed by atoms with Gasteiger partial charge in [-0.25, -0.2) is 5.43 Å². The summed E-state index contributed by atoms with van der Waals surface area (Å²) in [4.78, 5) is 12.1. The summed E-state index contributed by atoms with van der Waals surface area (Å²) >= 11 is 5.84. The van der Waals surface area contributed by atoms with Crippen LogP contribution >= 0.6 is 11.6 Å². The van der Waals surface area contributed by atoms with Gasteiger partial charge in [-0.3, -0.25) is 4.79 Å². The van der Waals surface area contributed by atoms with Crippen molar-refractivity contribution in [3.05, 3.63) is 95.0 Å². The van der Waals surface area contributed by atoms with E-state index in [-0.39, 0.29) is 5.91 Å². The van der Waals surface area contributed by atoms with Crippen LogP contribution < -0.4 is 14.9 Å². The van der Waals surface area contributed by atoms with Crippen LogP contribution in [0.3, 0.4) is 0 Å². The zero-order chi connectivity index (χ0) is 20.5. The smallest absolute Gasteiger partial charge is 0.280 e. The number of nitrogens with zero attached hydrogens (tertiary/aromatic N) is 1. The molecule has 0 bridgehead atoms. The average Bonchev–Trinajstić information content (AvgIpc) is 2.75. The van der Waals surface area contributed by atoms with Crippen molar-refractivity contribution in [2.24, 2.45) is 5.10 Å². The highest BCUT2D eigenvalue weighted by molar-refractivity contribution is 6.30. The van der Waals surface area contributed by atoms with Crippen molar-refractivity contribution in [2.75, 3.05) is 0 Å². The first kappa shape index (κ1) is 20.4. The Kier molecular flexibility index (Phi) is 7.25. The fourth-order valence-electron chi connectivity index (χ4n) is 2.46. The van der Waals surface area contributed by atoms with Gasteiger partial charge in [0.2, 0.25) is 0 Å². The molecule has 0 saturated heterocycles. The van der Waals surface area contributed by atoms with Gasteiger partial charge < -0.3 is 9.47 Å². The zero-order valence-electron chi connectivity index (χ0n) is 15.9. The Morgan fingerprint density at radius 3 is 2.55 bits per heavy atom. The second-order valence-electron chi connectivity index (χ2n) is 6.30. The van der Waals surface area contributed by atoms with E-state index < -0.39 is 6.10 Å². The van der Waals surface area contributed by atoms with E-state index in [0.717, 1.165) is 16.9 Å². The van der Waals surface area contributed by atoms with E-state index in [1.54, 1.807) is 37.4 Å². The minimum Gasteiger partial charge on any atom is -0.489 e. The minimum absolute atomic E-state index is 0.354. The average molecular weight is 409 g/mol. The van der Waals surface area contributed by atoms with Crippen LogP contribution in [0.2, 0.25) is 5.02 Å². The Bertz CT molecular complexity index is 959. The second kappa shape index (κ2) is 10.3. The van der Waals surface area contributed by atoms with Crippen LogP contribution in [0.25, 0.3) is 0 Å². The number of halogens is 1. The summed E-state index contributed by atoms with van der Waals surface area (Å²) in [6.07, 6.45) is 0.858. The van der Waals surface area contributed by atoms with Crippen LogP contribution in [-0.2, 0) is 11.4 Å². The van der Waals surface area contributed by atoms with Crippen LogP contribution in [0, 0.1) is 0 Å². The van der Waals surface area contributed by atoms with Gasteiger partial charge in [0.25, 0.3) is 5.91 Å². The molecule has 3 aromatic carbocycles. The minimum atomic E-state index is -0.700. The number of ether oxygens (including phenoxy) is 2. The molecule has 1 N–H and O–H groups in total. The van der Waals surface area contributed by atoms with Crippen molar-refractivity contribution in [1.82, 2.24) is 5.43 Å². The molecule has 1 amide bonds. The Balaban J connectivity index is 1.50. The van der Waals surface area contributed by atoms with Crippen molar-refractivity contribution < 1.29 is 14.3 Å². The molecule has 1 atom stereocenters. The maximum atomic E-state index is 12.1. The third-order valence-corrected chi connectivity index (χ3v) is 4.24. The Morgan fingerprint density at radius 1 is 1.03 bits per heavy atom. The highest BCUT2D eigenvalue weighted by Gasteiger charge is 2.13. The van der Waals surface area contributed by atoms with E-state index in [1.165, 1.54) is 0 Å². The predicted molar refractivity (Wildman–Crippen MR) is 114 cm³/mol. The molecule has 5 nitrogen and oxygen atoms in total. The molecule has 0 unspecified atom stereocenters. The molecule has 0 spiro atoms. The van der Waals surface area contributed by atoms with Crippen LogP contribution in [0.4, 0.5) is 0 Å². The number of hydrazone groups is 1. The fraction of sp³-hybridized carbons (Fsp3) is 0.130. The number of amides is 1. The van der Waals surface area contributed by atoms with Crippen molar-refractivity contribution in [3.8, 4) is 11.5 Å². The van der Waals surface area contributed by atoms with Crippen LogP contribution in [0.5, 0.6) is 11.5 Å². The number of carbonyl (C=O) groups is 1. The normalized spacial score (nSPS) is 11.8. The summed E-state index contributed by atoms with van der Waals surface area (Å²) in [6.45, 7) is 2.13. The van der Waals surface area contributed by atoms with Crippen LogP contribution in [0.1, 0.15) is 18.1 Å². The quantitative estimate of drug-likeness (QED) is 0.428. The monoisotopic (exact) mass is 408 g/mol. The summed E-state index contributed by atoms with van der Waals surface area (Å²) in [6, 6.07) is 24.2. The van der Waals surface area contributed by atoms with Crippen LogP contribution in [-0.4, -0.2) is 18.2 Å². The van der Waals surface area contributed by atoms with Gasteiger partial charge in [0.1, 0.15) is 18.1 Å². The molecule has 0 fully saturated rings. The molecular formula is C23H21ClN2O3. The van der Waals surface area contributed by atoms with E-state index in [2.05, 4.69) is 10.5 Å². The van der Waals surface area contributed by atoms with Gasteiger partial charge in [0.05, 0.1) is 6.21 Å². The zero-order valence-corrected chi connectivity index (χ0v) is 16.7. The molecule has 0 radical (unpaired) electrons. The van der Waals surface area contributed by atoms with E-state index in [9.17, 15) is 4.79 Å². The first-order valence-electron chi connectivity index (χ1n) is 9.12. The lowest BCUT2D eigenvalue weighted by molar-refractivity contribution is -0.127. The summed E-state index contributed by atoms with van der Waals surface area (Å²) in [5, 5.41) is 4.60.